The first-order valence-corrected chi connectivity index (χ1v) is 6.52. The number of halogens is 1. The molecule has 2 nitrogen and oxygen atoms in total. The smallest absolute Gasteiger partial charge is 0.165 e. The normalized spacial score (nSPS) is 16.5. The summed E-state index contributed by atoms with van der Waals surface area (Å²) < 4.78 is 18.5. The fourth-order valence-electron chi connectivity index (χ4n) is 2.48. The summed E-state index contributed by atoms with van der Waals surface area (Å²) >= 11 is 0. The van der Waals surface area contributed by atoms with Crippen LogP contribution in [0, 0.1) is 5.82 Å². The van der Waals surface area contributed by atoms with E-state index in [2.05, 4.69) is 18.3 Å². The number of likely N-dealkylation sites (N-methyl/N-ethyl adjacent to an activating group) is 1. The van der Waals surface area contributed by atoms with Gasteiger partial charge in [0.25, 0.3) is 0 Å². The maximum Gasteiger partial charge on any atom is 0.165 e. The molecule has 1 N–H and O–H groups in total. The molecule has 1 aromatic carbocycles. The van der Waals surface area contributed by atoms with E-state index in [9.17, 15) is 4.39 Å². The molecular formula is C15H20FNO. The minimum Gasteiger partial charge on any atom is -0.494 e. The van der Waals surface area contributed by atoms with Crippen LogP contribution in [-0.2, 0) is 0 Å². The van der Waals surface area contributed by atoms with E-state index in [1.54, 1.807) is 6.07 Å². The average molecular weight is 249 g/mol. The van der Waals surface area contributed by atoms with Crippen molar-refractivity contribution in [3.05, 3.63) is 41.2 Å². The van der Waals surface area contributed by atoms with Crippen molar-refractivity contribution in [3.8, 4) is 5.75 Å². The van der Waals surface area contributed by atoms with Crippen LogP contribution in [0.1, 0.15) is 37.8 Å². The lowest BCUT2D eigenvalue weighted by Crippen LogP contribution is -2.22. The molecule has 0 saturated carbocycles. The van der Waals surface area contributed by atoms with Gasteiger partial charge in [-0.1, -0.05) is 24.6 Å². The molecule has 1 aliphatic carbocycles. The van der Waals surface area contributed by atoms with Gasteiger partial charge in [-0.3, -0.25) is 0 Å². The summed E-state index contributed by atoms with van der Waals surface area (Å²) in [5, 5.41) is 3.47. The molecule has 1 unspecified atom stereocenters. The molecule has 1 aromatic rings. The second kappa shape index (κ2) is 6.01. The van der Waals surface area contributed by atoms with E-state index >= 15 is 0 Å². The van der Waals surface area contributed by atoms with Gasteiger partial charge in [-0.15, -0.1) is 0 Å². The Morgan fingerprint density at radius 1 is 1.44 bits per heavy atom. The summed E-state index contributed by atoms with van der Waals surface area (Å²) in [7, 11) is 1.50. The molecule has 1 aliphatic rings. The van der Waals surface area contributed by atoms with Crippen LogP contribution in [0.3, 0.4) is 0 Å². The van der Waals surface area contributed by atoms with E-state index in [0.29, 0.717) is 5.75 Å². The maximum atomic E-state index is 13.4. The second-order valence-corrected chi connectivity index (χ2v) is 4.56. The minimum absolute atomic E-state index is 0.187. The Kier molecular flexibility index (Phi) is 4.37. The molecule has 98 valence electrons. The maximum absolute atomic E-state index is 13.4. The highest BCUT2D eigenvalue weighted by atomic mass is 19.1. The first-order valence-electron chi connectivity index (χ1n) is 6.52. The average Bonchev–Trinajstić information content (AvgIpc) is 2.90. The third-order valence-corrected chi connectivity index (χ3v) is 3.36. The highest BCUT2D eigenvalue weighted by Gasteiger charge is 2.19. The largest absolute Gasteiger partial charge is 0.494 e. The van der Waals surface area contributed by atoms with Gasteiger partial charge in [0.2, 0.25) is 0 Å². The van der Waals surface area contributed by atoms with Gasteiger partial charge in [0.15, 0.2) is 11.6 Å². The zero-order valence-corrected chi connectivity index (χ0v) is 11.0. The number of ether oxygens (including phenoxy) is 1. The van der Waals surface area contributed by atoms with E-state index in [1.807, 2.05) is 6.07 Å². The fourth-order valence-corrected chi connectivity index (χ4v) is 2.48. The van der Waals surface area contributed by atoms with Gasteiger partial charge in [0.1, 0.15) is 0 Å². The van der Waals surface area contributed by atoms with Gasteiger partial charge in [-0.2, -0.15) is 0 Å². The topological polar surface area (TPSA) is 21.3 Å². The van der Waals surface area contributed by atoms with Crippen LogP contribution in [0.25, 0.3) is 0 Å². The number of rotatable bonds is 5. The molecule has 0 spiro atoms. The second-order valence-electron chi connectivity index (χ2n) is 4.56. The van der Waals surface area contributed by atoms with E-state index in [0.717, 1.165) is 24.9 Å². The Morgan fingerprint density at radius 2 is 2.28 bits per heavy atom. The lowest BCUT2D eigenvalue weighted by atomic mass is 9.97. The lowest BCUT2D eigenvalue weighted by molar-refractivity contribution is 0.385. The van der Waals surface area contributed by atoms with Crippen molar-refractivity contribution in [2.75, 3.05) is 13.7 Å². The summed E-state index contributed by atoms with van der Waals surface area (Å²) in [5.74, 6) is 0.00546. The van der Waals surface area contributed by atoms with E-state index in [4.69, 9.17) is 4.74 Å². The van der Waals surface area contributed by atoms with Gasteiger partial charge in [0.05, 0.1) is 13.2 Å². The number of allylic oxidation sites excluding steroid dienone is 1. The molecule has 0 fully saturated rings. The number of benzene rings is 1. The quantitative estimate of drug-likeness (QED) is 0.805. The SMILES string of the molecule is CCNC(C1=CCCC1)c1ccc(F)c(OC)c1. The monoisotopic (exact) mass is 249 g/mol. The molecule has 0 bridgehead atoms. The van der Waals surface area contributed by atoms with Crippen LogP contribution in [0.15, 0.2) is 29.8 Å². The number of hydrogen-bond acceptors (Lipinski definition) is 2. The van der Waals surface area contributed by atoms with Crippen LogP contribution in [0.4, 0.5) is 4.39 Å². The van der Waals surface area contributed by atoms with Crippen molar-refractivity contribution >= 4 is 0 Å². The standard InChI is InChI=1S/C15H20FNO/c1-3-17-15(11-6-4-5-7-11)12-8-9-13(16)14(10-12)18-2/h6,8-10,15,17H,3-5,7H2,1-2H3. The summed E-state index contributed by atoms with van der Waals surface area (Å²) in [6.45, 7) is 2.98. The van der Waals surface area contributed by atoms with Gasteiger partial charge in [0, 0.05) is 0 Å². The van der Waals surface area contributed by atoms with Crippen LogP contribution in [0.5, 0.6) is 5.75 Å². The Balaban J connectivity index is 2.30. The molecular weight excluding hydrogens is 229 g/mol. The van der Waals surface area contributed by atoms with E-state index in [1.165, 1.54) is 25.2 Å². The third-order valence-electron chi connectivity index (χ3n) is 3.36. The highest BCUT2D eigenvalue weighted by Crippen LogP contribution is 2.32. The van der Waals surface area contributed by atoms with Gasteiger partial charge < -0.3 is 10.1 Å². The fraction of sp³-hybridized carbons (Fsp3) is 0.467. The minimum atomic E-state index is -0.308. The lowest BCUT2D eigenvalue weighted by Gasteiger charge is -2.20. The first-order chi connectivity index (χ1) is 8.76. The highest BCUT2D eigenvalue weighted by molar-refractivity contribution is 5.36. The molecule has 0 aliphatic heterocycles. The van der Waals surface area contributed by atoms with Gasteiger partial charge in [-0.25, -0.2) is 4.39 Å². The van der Waals surface area contributed by atoms with Crippen molar-refractivity contribution < 1.29 is 9.13 Å². The summed E-state index contributed by atoms with van der Waals surface area (Å²) in [4.78, 5) is 0. The summed E-state index contributed by atoms with van der Waals surface area (Å²) in [6, 6.07) is 5.30. The molecule has 0 aromatic heterocycles. The first kappa shape index (κ1) is 13.1. The molecule has 18 heavy (non-hydrogen) atoms. The number of nitrogens with one attached hydrogen (secondary N) is 1. The van der Waals surface area contributed by atoms with Crippen molar-refractivity contribution in [3.63, 3.8) is 0 Å². The summed E-state index contributed by atoms with van der Waals surface area (Å²) in [5.41, 5.74) is 2.48. The van der Waals surface area contributed by atoms with Crippen LogP contribution >= 0.6 is 0 Å². The van der Waals surface area contributed by atoms with Crippen molar-refractivity contribution in [2.24, 2.45) is 0 Å². The van der Waals surface area contributed by atoms with E-state index < -0.39 is 0 Å². The number of methoxy groups -OCH3 is 1. The third kappa shape index (κ3) is 2.72. The molecule has 0 amide bonds. The molecule has 0 saturated heterocycles. The predicted octanol–water partition coefficient (Wildman–Crippen LogP) is 3.60. The molecule has 0 heterocycles. The van der Waals surface area contributed by atoms with Crippen molar-refractivity contribution in [2.45, 2.75) is 32.2 Å². The van der Waals surface area contributed by atoms with Crippen molar-refractivity contribution in [1.82, 2.24) is 5.32 Å². The van der Waals surface area contributed by atoms with Crippen LogP contribution < -0.4 is 10.1 Å². The Morgan fingerprint density at radius 3 is 2.89 bits per heavy atom. The van der Waals surface area contributed by atoms with E-state index in [-0.39, 0.29) is 11.9 Å². The summed E-state index contributed by atoms with van der Waals surface area (Å²) in [6.07, 6.45) is 5.78. The predicted molar refractivity (Wildman–Crippen MR) is 71.3 cm³/mol. The van der Waals surface area contributed by atoms with Gasteiger partial charge >= 0.3 is 0 Å². The van der Waals surface area contributed by atoms with Gasteiger partial charge in [-0.05, 0) is 43.5 Å². The molecule has 1 atom stereocenters. The Hall–Kier alpha value is -1.35. The zero-order chi connectivity index (χ0) is 13.0. The molecule has 3 heteroatoms. The van der Waals surface area contributed by atoms with Crippen LogP contribution in [0.2, 0.25) is 0 Å². The zero-order valence-electron chi connectivity index (χ0n) is 11.0. The van der Waals surface area contributed by atoms with Crippen molar-refractivity contribution in [1.29, 1.82) is 0 Å². The Bertz CT molecular complexity index is 442. The van der Waals surface area contributed by atoms with Crippen LogP contribution in [-0.4, -0.2) is 13.7 Å². The Labute approximate surface area is 108 Å². The number of hydrogen-bond donors (Lipinski definition) is 1. The molecule has 0 radical (unpaired) electrons. The molecule has 2 rings (SSSR count).